The summed E-state index contributed by atoms with van der Waals surface area (Å²) < 4.78 is 14.9. The van der Waals surface area contributed by atoms with Gasteiger partial charge in [0.25, 0.3) is 5.91 Å². The summed E-state index contributed by atoms with van der Waals surface area (Å²) >= 11 is 0. The maximum atomic E-state index is 13.1. The van der Waals surface area contributed by atoms with Crippen molar-refractivity contribution in [2.45, 2.75) is 47.0 Å². The number of rotatable bonds is 5. The number of nitrogens with zero attached hydrogens (tertiary/aromatic N) is 2. The van der Waals surface area contributed by atoms with E-state index in [2.05, 4.69) is 5.10 Å². The number of carbonyl (C=O) groups excluding carboxylic acids is 4. The number of esters is 3. The predicted octanol–water partition coefficient (Wildman–Crippen LogP) is 1.83. The minimum Gasteiger partial charge on any atom is -0.462 e. The van der Waals surface area contributed by atoms with Gasteiger partial charge < -0.3 is 14.2 Å². The molecule has 0 aromatic carbocycles. The van der Waals surface area contributed by atoms with Gasteiger partial charge in [0, 0.05) is 6.92 Å². The third kappa shape index (κ3) is 4.29. The van der Waals surface area contributed by atoms with Crippen molar-refractivity contribution in [1.29, 1.82) is 0 Å². The van der Waals surface area contributed by atoms with Crippen molar-refractivity contribution in [3.8, 4) is 0 Å². The van der Waals surface area contributed by atoms with E-state index in [0.29, 0.717) is 19.3 Å². The Balaban J connectivity index is 2.45. The number of allylic oxidation sites excluding steroid dienone is 2. The van der Waals surface area contributed by atoms with Crippen molar-refractivity contribution >= 4 is 29.7 Å². The summed E-state index contributed by atoms with van der Waals surface area (Å²) in [4.78, 5) is 48.9. The molecule has 9 heteroatoms. The maximum absolute atomic E-state index is 13.1. The van der Waals surface area contributed by atoms with Crippen LogP contribution in [0.1, 0.15) is 47.0 Å². The Morgan fingerprint density at radius 3 is 2.29 bits per heavy atom. The maximum Gasteiger partial charge on any atom is 0.347 e. The van der Waals surface area contributed by atoms with E-state index in [1.165, 1.54) is 6.92 Å². The molecule has 1 amide bonds. The van der Waals surface area contributed by atoms with E-state index >= 15 is 0 Å². The van der Waals surface area contributed by atoms with E-state index in [0.717, 1.165) is 16.8 Å². The fraction of sp³-hybridized carbons (Fsp3) is 0.526. The monoisotopic (exact) mass is 392 g/mol. The zero-order chi connectivity index (χ0) is 20.9. The predicted molar refractivity (Wildman–Crippen MR) is 97.4 cm³/mol. The zero-order valence-corrected chi connectivity index (χ0v) is 16.4. The molecule has 0 aromatic heterocycles. The van der Waals surface area contributed by atoms with E-state index in [1.807, 2.05) is 13.0 Å². The second-order valence-corrected chi connectivity index (χ2v) is 6.47. The van der Waals surface area contributed by atoms with Gasteiger partial charge in [-0.1, -0.05) is 11.6 Å². The van der Waals surface area contributed by atoms with Crippen LogP contribution < -0.4 is 0 Å². The van der Waals surface area contributed by atoms with Gasteiger partial charge in [0.1, 0.15) is 5.41 Å². The lowest BCUT2D eigenvalue weighted by Crippen LogP contribution is -2.41. The van der Waals surface area contributed by atoms with Crippen LogP contribution in [0.25, 0.3) is 0 Å². The number of ether oxygens (including phenoxy) is 3. The smallest absolute Gasteiger partial charge is 0.347 e. The highest BCUT2D eigenvalue weighted by Crippen LogP contribution is 2.43. The Hall–Kier alpha value is -2.97. The summed E-state index contributed by atoms with van der Waals surface area (Å²) in [6, 6.07) is 0. The first-order valence-electron chi connectivity index (χ1n) is 9.08. The lowest BCUT2D eigenvalue weighted by atomic mass is 9.74. The normalized spacial score (nSPS) is 21.0. The Morgan fingerprint density at radius 2 is 1.82 bits per heavy atom. The molecular formula is C19H24N2O7. The molecule has 28 heavy (non-hydrogen) atoms. The van der Waals surface area contributed by atoms with Crippen LogP contribution in [-0.4, -0.2) is 47.9 Å². The molecule has 0 radical (unpaired) electrons. The molecule has 1 heterocycles. The molecule has 2 rings (SSSR count). The standard InChI is InChI=1S/C19H24N2O7/c1-5-26-15(23)14(16(24)27-6-2)11-21-18(25)19(9-7-12(3)8-10-19)17(20-21)28-13(4)22/h7,11H,5-6,8-10H2,1-4H3/t19-/m0/s1. The average molecular weight is 392 g/mol. The van der Waals surface area contributed by atoms with E-state index in [4.69, 9.17) is 14.2 Å². The molecule has 0 aromatic rings. The van der Waals surface area contributed by atoms with Crippen molar-refractivity contribution < 1.29 is 33.4 Å². The van der Waals surface area contributed by atoms with Crippen molar-refractivity contribution in [2.24, 2.45) is 10.5 Å². The highest BCUT2D eigenvalue weighted by atomic mass is 16.6. The van der Waals surface area contributed by atoms with E-state index in [-0.39, 0.29) is 19.1 Å². The van der Waals surface area contributed by atoms with Crippen LogP contribution in [-0.2, 0) is 33.4 Å². The van der Waals surface area contributed by atoms with Crippen molar-refractivity contribution in [1.82, 2.24) is 5.01 Å². The molecule has 1 spiro atoms. The zero-order valence-electron chi connectivity index (χ0n) is 16.4. The summed E-state index contributed by atoms with van der Waals surface area (Å²) in [7, 11) is 0. The number of carbonyl (C=O) groups is 4. The Bertz CT molecular complexity index is 761. The quantitative estimate of drug-likeness (QED) is 0.175. The van der Waals surface area contributed by atoms with Crippen LogP contribution in [0.2, 0.25) is 0 Å². The summed E-state index contributed by atoms with van der Waals surface area (Å²) in [5.41, 5.74) is -0.494. The number of amides is 1. The van der Waals surface area contributed by atoms with Gasteiger partial charge in [-0.2, -0.15) is 0 Å². The van der Waals surface area contributed by atoms with E-state index < -0.39 is 34.8 Å². The summed E-state index contributed by atoms with van der Waals surface area (Å²) in [6.07, 6.45) is 4.21. The first-order chi connectivity index (χ1) is 13.2. The Morgan fingerprint density at radius 1 is 1.21 bits per heavy atom. The molecule has 0 fully saturated rings. The van der Waals surface area contributed by atoms with Gasteiger partial charge in [-0.15, -0.1) is 5.10 Å². The second-order valence-electron chi connectivity index (χ2n) is 6.47. The average Bonchev–Trinajstić information content (AvgIpc) is 2.87. The van der Waals surface area contributed by atoms with Crippen molar-refractivity contribution in [2.75, 3.05) is 13.2 Å². The number of hydrogen-bond acceptors (Lipinski definition) is 8. The van der Waals surface area contributed by atoms with E-state index in [1.54, 1.807) is 13.8 Å². The highest BCUT2D eigenvalue weighted by Gasteiger charge is 2.53. The van der Waals surface area contributed by atoms with Crippen molar-refractivity contribution in [3.63, 3.8) is 0 Å². The Kier molecular flexibility index (Phi) is 6.71. The van der Waals surface area contributed by atoms with Crippen LogP contribution in [0, 0.1) is 5.41 Å². The molecule has 0 unspecified atom stereocenters. The van der Waals surface area contributed by atoms with Crippen LogP contribution in [0.15, 0.2) is 28.5 Å². The third-order valence-electron chi connectivity index (χ3n) is 4.45. The van der Waals surface area contributed by atoms with Crippen LogP contribution >= 0.6 is 0 Å². The molecular weight excluding hydrogens is 368 g/mol. The van der Waals surface area contributed by atoms with Gasteiger partial charge in [-0.25, -0.2) is 14.6 Å². The van der Waals surface area contributed by atoms with Crippen LogP contribution in [0.4, 0.5) is 0 Å². The molecule has 0 bridgehead atoms. The summed E-state index contributed by atoms with van der Waals surface area (Å²) in [5, 5.41) is 4.93. The lowest BCUT2D eigenvalue weighted by molar-refractivity contribution is -0.146. The molecule has 1 aliphatic carbocycles. The third-order valence-corrected chi connectivity index (χ3v) is 4.45. The molecule has 0 N–H and O–H groups in total. The number of hydrazone groups is 1. The minimum absolute atomic E-state index is 0.0412. The van der Waals surface area contributed by atoms with Gasteiger partial charge >= 0.3 is 17.9 Å². The molecule has 1 aliphatic heterocycles. The van der Waals surface area contributed by atoms with Gasteiger partial charge in [-0.3, -0.25) is 9.59 Å². The summed E-state index contributed by atoms with van der Waals surface area (Å²) in [6.45, 7) is 6.42. The highest BCUT2D eigenvalue weighted by molar-refractivity contribution is 6.16. The molecule has 9 nitrogen and oxygen atoms in total. The van der Waals surface area contributed by atoms with Crippen LogP contribution in [0.5, 0.6) is 0 Å². The molecule has 2 aliphatic rings. The largest absolute Gasteiger partial charge is 0.462 e. The number of hydrogen-bond donors (Lipinski definition) is 0. The van der Waals surface area contributed by atoms with Gasteiger partial charge in [0.2, 0.25) is 5.90 Å². The molecule has 1 atom stereocenters. The fourth-order valence-corrected chi connectivity index (χ4v) is 2.97. The summed E-state index contributed by atoms with van der Waals surface area (Å²) in [5.74, 6) is -3.01. The van der Waals surface area contributed by atoms with Gasteiger partial charge in [0.15, 0.2) is 5.57 Å². The minimum atomic E-state index is -1.14. The topological polar surface area (TPSA) is 112 Å². The molecule has 0 saturated carbocycles. The van der Waals surface area contributed by atoms with E-state index in [9.17, 15) is 19.2 Å². The first-order valence-corrected chi connectivity index (χ1v) is 9.08. The van der Waals surface area contributed by atoms with Gasteiger partial charge in [0.05, 0.1) is 19.4 Å². The Labute approximate surface area is 163 Å². The molecule has 0 saturated heterocycles. The lowest BCUT2D eigenvalue weighted by Gasteiger charge is -2.29. The first kappa shape index (κ1) is 21.3. The van der Waals surface area contributed by atoms with Gasteiger partial charge in [-0.05, 0) is 40.0 Å². The SMILES string of the molecule is CCOC(=O)C(=CN1N=C(OC(C)=O)[C@@]2(CC=C(C)CC2)C1=O)C(=O)OCC. The fourth-order valence-electron chi connectivity index (χ4n) is 2.97. The second kappa shape index (κ2) is 8.81. The molecule has 152 valence electrons. The van der Waals surface area contributed by atoms with Crippen molar-refractivity contribution in [3.05, 3.63) is 23.4 Å². The van der Waals surface area contributed by atoms with Crippen LogP contribution in [0.3, 0.4) is 0 Å².